The summed E-state index contributed by atoms with van der Waals surface area (Å²) in [6, 6.07) is 37.6. The highest BCUT2D eigenvalue weighted by Gasteiger charge is 2.09. The van der Waals surface area contributed by atoms with Crippen LogP contribution in [0.1, 0.15) is 11.1 Å². The first-order chi connectivity index (χ1) is 15.8. The average Bonchev–Trinajstić information content (AvgIpc) is 2.87. The fourth-order valence-electron chi connectivity index (χ4n) is 4.92. The predicted molar refractivity (Wildman–Crippen MR) is 137 cm³/mol. The van der Waals surface area contributed by atoms with Gasteiger partial charge in [-0.15, -0.1) is 0 Å². The van der Waals surface area contributed by atoms with Crippen molar-refractivity contribution in [2.24, 2.45) is 0 Å². The van der Waals surface area contributed by atoms with Crippen molar-refractivity contribution in [3.05, 3.63) is 114 Å². The summed E-state index contributed by atoms with van der Waals surface area (Å²) in [5, 5.41) is 10.6. The van der Waals surface area contributed by atoms with Crippen LogP contribution in [0.5, 0.6) is 5.75 Å². The fraction of sp³-hybridized carbons (Fsp3) is 0.0968. The molecule has 0 amide bonds. The molecule has 0 bridgehead atoms. The molecule has 32 heavy (non-hydrogen) atoms. The normalized spacial score (nSPS) is 11.5. The van der Waals surface area contributed by atoms with Crippen LogP contribution in [0.25, 0.3) is 43.1 Å². The molecule has 0 saturated carbocycles. The highest BCUT2D eigenvalue weighted by atomic mass is 16.5. The Balaban J connectivity index is 1.52. The molecular formula is C31H24O. The lowest BCUT2D eigenvalue weighted by Crippen LogP contribution is -1.92. The Morgan fingerprint density at radius 3 is 1.75 bits per heavy atom. The Labute approximate surface area is 187 Å². The Hall–Kier alpha value is -3.84. The maximum atomic E-state index is 5.29. The number of fused-ring (bicyclic) bond motifs is 7. The van der Waals surface area contributed by atoms with Gasteiger partial charge in [-0.2, -0.15) is 0 Å². The second-order valence-corrected chi connectivity index (χ2v) is 8.52. The van der Waals surface area contributed by atoms with Crippen LogP contribution in [0.2, 0.25) is 0 Å². The lowest BCUT2D eigenvalue weighted by atomic mass is 9.92. The molecule has 0 aromatic heterocycles. The number of ether oxygens (including phenoxy) is 1. The summed E-state index contributed by atoms with van der Waals surface area (Å²) in [7, 11) is 1.71. The summed E-state index contributed by atoms with van der Waals surface area (Å²) in [6.07, 6.45) is 2.04. The number of rotatable bonds is 4. The van der Waals surface area contributed by atoms with E-state index in [9.17, 15) is 0 Å². The van der Waals surface area contributed by atoms with Gasteiger partial charge in [0.05, 0.1) is 7.11 Å². The fourth-order valence-corrected chi connectivity index (χ4v) is 4.92. The molecule has 1 nitrogen and oxygen atoms in total. The number of hydrogen-bond donors (Lipinski definition) is 0. The van der Waals surface area contributed by atoms with Crippen LogP contribution in [0.15, 0.2) is 103 Å². The zero-order valence-electron chi connectivity index (χ0n) is 18.1. The summed E-state index contributed by atoms with van der Waals surface area (Å²) >= 11 is 0. The van der Waals surface area contributed by atoms with Gasteiger partial charge in [0.15, 0.2) is 0 Å². The van der Waals surface area contributed by atoms with Crippen molar-refractivity contribution in [3.63, 3.8) is 0 Å². The molecule has 6 aromatic carbocycles. The maximum absolute atomic E-state index is 5.29. The number of aryl methyl sites for hydroxylation is 2. The van der Waals surface area contributed by atoms with Crippen LogP contribution in [-0.2, 0) is 12.8 Å². The SMILES string of the molecule is COc1ccc(CCc2ccc3ccc4ccc5ccc6ccccc6c5c4c3c2)cc1. The minimum atomic E-state index is 0.907. The molecule has 0 saturated heterocycles. The first-order valence-electron chi connectivity index (χ1n) is 11.2. The summed E-state index contributed by atoms with van der Waals surface area (Å²) in [4.78, 5) is 0. The predicted octanol–water partition coefficient (Wildman–Crippen LogP) is 8.09. The van der Waals surface area contributed by atoms with Crippen molar-refractivity contribution in [1.29, 1.82) is 0 Å². The topological polar surface area (TPSA) is 9.23 Å². The van der Waals surface area contributed by atoms with Crippen molar-refractivity contribution >= 4 is 43.1 Å². The van der Waals surface area contributed by atoms with Gasteiger partial charge >= 0.3 is 0 Å². The van der Waals surface area contributed by atoms with Crippen LogP contribution in [0, 0.1) is 0 Å². The minimum Gasteiger partial charge on any atom is -0.497 e. The van der Waals surface area contributed by atoms with Crippen molar-refractivity contribution in [2.75, 3.05) is 7.11 Å². The molecule has 0 aliphatic carbocycles. The standard InChI is InChI=1S/C31H24O/c1-32-27-18-9-21(10-19-27)6-7-22-8-11-24-13-15-26-17-16-25-14-12-23-4-2-3-5-28(23)30(25)31(26)29(24)20-22/h2-5,8-20H,6-7H2,1H3. The van der Waals surface area contributed by atoms with Crippen LogP contribution in [0.4, 0.5) is 0 Å². The molecule has 0 spiro atoms. The molecule has 0 N–H and O–H groups in total. The van der Waals surface area contributed by atoms with Crippen molar-refractivity contribution < 1.29 is 4.74 Å². The summed E-state index contributed by atoms with van der Waals surface area (Å²) in [5.41, 5.74) is 2.71. The van der Waals surface area contributed by atoms with Crippen molar-refractivity contribution in [3.8, 4) is 5.75 Å². The smallest absolute Gasteiger partial charge is 0.118 e. The Morgan fingerprint density at radius 2 is 1.03 bits per heavy atom. The maximum Gasteiger partial charge on any atom is 0.118 e. The van der Waals surface area contributed by atoms with E-state index < -0.39 is 0 Å². The number of hydrogen-bond acceptors (Lipinski definition) is 1. The molecule has 0 aliphatic heterocycles. The van der Waals surface area contributed by atoms with Crippen molar-refractivity contribution in [2.45, 2.75) is 12.8 Å². The van der Waals surface area contributed by atoms with E-state index in [1.807, 2.05) is 12.1 Å². The van der Waals surface area contributed by atoms with E-state index in [2.05, 4.69) is 91.0 Å². The lowest BCUT2D eigenvalue weighted by molar-refractivity contribution is 0.414. The van der Waals surface area contributed by atoms with Gasteiger partial charge in [0, 0.05) is 0 Å². The van der Waals surface area contributed by atoms with Gasteiger partial charge in [0.2, 0.25) is 0 Å². The first kappa shape index (κ1) is 18.9. The quantitative estimate of drug-likeness (QED) is 0.266. The second-order valence-electron chi connectivity index (χ2n) is 8.52. The molecule has 0 heterocycles. The molecule has 0 fully saturated rings. The van der Waals surface area contributed by atoms with Gasteiger partial charge in [-0.05, 0) is 79.2 Å². The summed E-state index contributed by atoms with van der Waals surface area (Å²) in [6.45, 7) is 0. The third-order valence-corrected chi connectivity index (χ3v) is 6.63. The molecule has 6 rings (SSSR count). The van der Waals surface area contributed by atoms with E-state index in [1.165, 1.54) is 54.2 Å². The van der Waals surface area contributed by atoms with Gasteiger partial charge in [0.25, 0.3) is 0 Å². The molecule has 0 atom stereocenters. The zero-order chi connectivity index (χ0) is 21.5. The van der Waals surface area contributed by atoms with Crippen molar-refractivity contribution in [1.82, 2.24) is 0 Å². The Kier molecular flexibility index (Phi) is 4.54. The zero-order valence-corrected chi connectivity index (χ0v) is 18.1. The lowest BCUT2D eigenvalue weighted by Gasteiger charge is -2.12. The second kappa shape index (κ2) is 7.69. The molecule has 154 valence electrons. The number of benzene rings is 6. The molecule has 6 aromatic rings. The van der Waals surface area contributed by atoms with Crippen LogP contribution in [-0.4, -0.2) is 7.11 Å². The van der Waals surface area contributed by atoms with Crippen LogP contribution < -0.4 is 4.74 Å². The van der Waals surface area contributed by atoms with Gasteiger partial charge in [-0.25, -0.2) is 0 Å². The number of methoxy groups -OCH3 is 1. The van der Waals surface area contributed by atoms with E-state index in [1.54, 1.807) is 7.11 Å². The van der Waals surface area contributed by atoms with Crippen LogP contribution >= 0.6 is 0 Å². The monoisotopic (exact) mass is 412 g/mol. The molecule has 0 radical (unpaired) electrons. The summed E-state index contributed by atoms with van der Waals surface area (Å²) < 4.78 is 5.29. The third kappa shape index (κ3) is 3.18. The molecule has 1 heteroatoms. The largest absolute Gasteiger partial charge is 0.497 e. The highest BCUT2D eigenvalue weighted by molar-refractivity contribution is 6.27. The molecular weight excluding hydrogens is 388 g/mol. The third-order valence-electron chi connectivity index (χ3n) is 6.63. The van der Waals surface area contributed by atoms with Crippen LogP contribution in [0.3, 0.4) is 0 Å². The van der Waals surface area contributed by atoms with Gasteiger partial charge in [-0.1, -0.05) is 91.0 Å². The Bertz CT molecular complexity index is 1580. The summed E-state index contributed by atoms with van der Waals surface area (Å²) in [5.74, 6) is 0.907. The first-order valence-corrected chi connectivity index (χ1v) is 11.2. The van der Waals surface area contributed by atoms with Gasteiger partial charge in [0.1, 0.15) is 5.75 Å². The molecule has 0 unspecified atom stereocenters. The molecule has 0 aliphatic rings. The van der Waals surface area contributed by atoms with E-state index in [-0.39, 0.29) is 0 Å². The van der Waals surface area contributed by atoms with E-state index in [4.69, 9.17) is 4.74 Å². The minimum absolute atomic E-state index is 0.907. The highest BCUT2D eigenvalue weighted by Crippen LogP contribution is 2.36. The van der Waals surface area contributed by atoms with E-state index >= 15 is 0 Å². The van der Waals surface area contributed by atoms with Gasteiger partial charge in [-0.3, -0.25) is 0 Å². The van der Waals surface area contributed by atoms with E-state index in [0.29, 0.717) is 0 Å². The van der Waals surface area contributed by atoms with Gasteiger partial charge < -0.3 is 4.74 Å². The Morgan fingerprint density at radius 1 is 0.500 bits per heavy atom. The average molecular weight is 413 g/mol. The van der Waals surface area contributed by atoms with E-state index in [0.717, 1.165) is 18.6 Å².